The van der Waals surface area contributed by atoms with E-state index in [4.69, 9.17) is 14.2 Å². The maximum atomic E-state index is 11.6. The van der Waals surface area contributed by atoms with E-state index in [-0.39, 0.29) is 0 Å². The lowest BCUT2D eigenvalue weighted by Crippen LogP contribution is -2.10. The summed E-state index contributed by atoms with van der Waals surface area (Å²) in [5, 5.41) is 1.61. The first-order valence-corrected chi connectivity index (χ1v) is 7.78. The molecule has 0 spiro atoms. The van der Waals surface area contributed by atoms with E-state index < -0.39 is 6.16 Å². The molecule has 23 heavy (non-hydrogen) atoms. The third-order valence-corrected chi connectivity index (χ3v) is 3.20. The van der Waals surface area contributed by atoms with Gasteiger partial charge >= 0.3 is 6.16 Å². The van der Waals surface area contributed by atoms with Crippen molar-refractivity contribution < 1.29 is 23.7 Å². The summed E-state index contributed by atoms with van der Waals surface area (Å²) in [7, 11) is 1.27. The van der Waals surface area contributed by atoms with E-state index in [0.717, 1.165) is 23.6 Å². The van der Waals surface area contributed by atoms with Crippen LogP contribution in [0.15, 0.2) is 30.3 Å². The second-order valence-corrected chi connectivity index (χ2v) is 5.00. The van der Waals surface area contributed by atoms with Crippen LogP contribution in [0.4, 0.5) is 4.79 Å². The molecule has 0 N–H and O–H groups in total. The van der Waals surface area contributed by atoms with Gasteiger partial charge in [-0.1, -0.05) is 38.1 Å². The molecule has 0 radical (unpaired) electrons. The van der Waals surface area contributed by atoms with Gasteiger partial charge in [-0.05, 0) is 12.8 Å². The molecule has 0 aliphatic rings. The number of fused-ring (bicyclic) bond motifs is 1. The van der Waals surface area contributed by atoms with Gasteiger partial charge in [-0.2, -0.15) is 0 Å². The van der Waals surface area contributed by atoms with Crippen molar-refractivity contribution >= 4 is 16.9 Å². The lowest BCUT2D eigenvalue weighted by Gasteiger charge is -2.16. The fraction of sp³-hybridized carbons (Fsp3) is 0.389. The van der Waals surface area contributed by atoms with E-state index in [1.165, 1.54) is 7.11 Å². The van der Waals surface area contributed by atoms with E-state index in [1.807, 2.05) is 38.1 Å². The van der Waals surface area contributed by atoms with Crippen LogP contribution in [0.5, 0.6) is 17.2 Å². The smallest absolute Gasteiger partial charge is 0.493 e. The molecule has 0 heterocycles. The van der Waals surface area contributed by atoms with Gasteiger partial charge in [0, 0.05) is 16.8 Å². The Kier molecular flexibility index (Phi) is 6.09. The Morgan fingerprint density at radius 2 is 1.57 bits per heavy atom. The fourth-order valence-corrected chi connectivity index (χ4v) is 2.17. The zero-order valence-electron chi connectivity index (χ0n) is 13.8. The van der Waals surface area contributed by atoms with E-state index in [0.29, 0.717) is 30.5 Å². The van der Waals surface area contributed by atoms with Crippen LogP contribution in [-0.4, -0.2) is 26.5 Å². The zero-order valence-corrected chi connectivity index (χ0v) is 13.8. The molecule has 2 rings (SSSR count). The first-order chi connectivity index (χ1) is 11.2. The third kappa shape index (κ3) is 4.06. The summed E-state index contributed by atoms with van der Waals surface area (Å²) >= 11 is 0. The van der Waals surface area contributed by atoms with Gasteiger partial charge in [0.15, 0.2) is 11.5 Å². The predicted octanol–water partition coefficient (Wildman–Crippen LogP) is 4.56. The van der Waals surface area contributed by atoms with Crippen molar-refractivity contribution in [2.24, 2.45) is 0 Å². The van der Waals surface area contributed by atoms with Crippen LogP contribution in [0.1, 0.15) is 26.7 Å². The fourth-order valence-electron chi connectivity index (χ4n) is 2.17. The lowest BCUT2D eigenvalue weighted by atomic mass is 10.1. The molecule has 2 aromatic carbocycles. The predicted molar refractivity (Wildman–Crippen MR) is 88.6 cm³/mol. The van der Waals surface area contributed by atoms with Gasteiger partial charge in [0.1, 0.15) is 5.75 Å². The van der Waals surface area contributed by atoms with Crippen molar-refractivity contribution in [1.29, 1.82) is 0 Å². The second-order valence-electron chi connectivity index (χ2n) is 5.00. The molecule has 0 amide bonds. The van der Waals surface area contributed by atoms with Gasteiger partial charge in [-0.3, -0.25) is 0 Å². The second kappa shape index (κ2) is 8.27. The summed E-state index contributed by atoms with van der Waals surface area (Å²) in [4.78, 5) is 11.6. The van der Waals surface area contributed by atoms with Crippen LogP contribution in [-0.2, 0) is 4.74 Å². The Morgan fingerprint density at radius 3 is 2.17 bits per heavy atom. The largest absolute Gasteiger partial charge is 0.513 e. The van der Waals surface area contributed by atoms with Crippen LogP contribution in [0.25, 0.3) is 10.8 Å². The molecule has 0 bridgehead atoms. The van der Waals surface area contributed by atoms with Crippen molar-refractivity contribution in [3.05, 3.63) is 30.3 Å². The van der Waals surface area contributed by atoms with Crippen LogP contribution < -0.4 is 14.2 Å². The minimum atomic E-state index is -0.779. The van der Waals surface area contributed by atoms with E-state index in [9.17, 15) is 4.79 Å². The number of hydrogen-bond acceptors (Lipinski definition) is 5. The summed E-state index contributed by atoms with van der Waals surface area (Å²) in [5.41, 5.74) is 0. The molecule has 0 unspecified atom stereocenters. The summed E-state index contributed by atoms with van der Waals surface area (Å²) in [6, 6.07) is 9.35. The highest BCUT2D eigenvalue weighted by Gasteiger charge is 2.18. The number of carbonyl (C=O) groups excluding carboxylic acids is 1. The Labute approximate surface area is 136 Å². The Morgan fingerprint density at radius 1 is 0.957 bits per heavy atom. The normalized spacial score (nSPS) is 10.4. The monoisotopic (exact) mass is 318 g/mol. The summed E-state index contributed by atoms with van der Waals surface area (Å²) < 4.78 is 21.5. The van der Waals surface area contributed by atoms with Crippen LogP contribution in [0, 0.1) is 0 Å². The maximum Gasteiger partial charge on any atom is 0.513 e. The first-order valence-electron chi connectivity index (χ1n) is 7.78. The zero-order chi connectivity index (χ0) is 16.7. The molecule has 0 saturated heterocycles. The topological polar surface area (TPSA) is 54.0 Å². The van der Waals surface area contributed by atoms with Gasteiger partial charge < -0.3 is 18.9 Å². The van der Waals surface area contributed by atoms with Crippen LogP contribution in [0.3, 0.4) is 0 Å². The average Bonchev–Trinajstić information content (AvgIpc) is 2.59. The quantitative estimate of drug-likeness (QED) is 0.553. The number of carbonyl (C=O) groups is 1. The van der Waals surface area contributed by atoms with Gasteiger partial charge in [-0.25, -0.2) is 4.79 Å². The maximum absolute atomic E-state index is 11.6. The molecule has 0 aromatic heterocycles. The van der Waals surface area contributed by atoms with E-state index in [2.05, 4.69) is 4.74 Å². The number of benzene rings is 2. The van der Waals surface area contributed by atoms with Crippen molar-refractivity contribution in [2.75, 3.05) is 20.3 Å². The van der Waals surface area contributed by atoms with Crippen molar-refractivity contribution in [2.45, 2.75) is 26.7 Å². The molecule has 0 saturated carbocycles. The minimum absolute atomic E-state index is 0.352. The molecule has 0 aliphatic heterocycles. The molecule has 0 atom stereocenters. The van der Waals surface area contributed by atoms with Crippen molar-refractivity contribution in [3.63, 3.8) is 0 Å². The molecule has 5 heteroatoms. The first kappa shape index (κ1) is 16.9. The number of ether oxygens (including phenoxy) is 4. The highest BCUT2D eigenvalue weighted by atomic mass is 16.7. The van der Waals surface area contributed by atoms with Gasteiger partial charge in [0.05, 0.1) is 20.3 Å². The average molecular weight is 318 g/mol. The number of rotatable bonds is 7. The van der Waals surface area contributed by atoms with Crippen LogP contribution >= 0.6 is 0 Å². The number of methoxy groups -OCH3 is 1. The van der Waals surface area contributed by atoms with Crippen molar-refractivity contribution in [1.82, 2.24) is 0 Å². The van der Waals surface area contributed by atoms with Gasteiger partial charge in [-0.15, -0.1) is 0 Å². The van der Waals surface area contributed by atoms with Crippen LogP contribution in [0.2, 0.25) is 0 Å². The highest BCUT2D eigenvalue weighted by Crippen LogP contribution is 2.42. The van der Waals surface area contributed by atoms with Crippen molar-refractivity contribution in [3.8, 4) is 17.2 Å². The molecular formula is C18H22O5. The molecule has 5 nitrogen and oxygen atoms in total. The molecule has 2 aromatic rings. The Bertz CT molecular complexity index is 666. The summed E-state index contributed by atoms with van der Waals surface area (Å²) in [5.74, 6) is 1.54. The SMILES string of the molecule is CCCOc1cc(OCCC)c2ccccc2c1OC(=O)OC. The number of hydrogen-bond donors (Lipinski definition) is 0. The third-order valence-electron chi connectivity index (χ3n) is 3.20. The summed E-state index contributed by atoms with van der Waals surface area (Å²) in [6.45, 7) is 5.18. The molecule has 124 valence electrons. The standard InChI is InChI=1S/C18H22O5/c1-4-10-21-15-12-16(22-11-5-2)17(23-18(19)20-3)14-9-7-6-8-13(14)15/h6-9,12H,4-5,10-11H2,1-3H3. The molecule has 0 fully saturated rings. The van der Waals surface area contributed by atoms with E-state index >= 15 is 0 Å². The van der Waals surface area contributed by atoms with E-state index in [1.54, 1.807) is 6.07 Å². The van der Waals surface area contributed by atoms with Gasteiger partial charge in [0.2, 0.25) is 0 Å². The molecular weight excluding hydrogens is 296 g/mol. The minimum Gasteiger partial charge on any atom is -0.493 e. The molecule has 0 aliphatic carbocycles. The van der Waals surface area contributed by atoms with Gasteiger partial charge in [0.25, 0.3) is 0 Å². The highest BCUT2D eigenvalue weighted by molar-refractivity contribution is 5.96. The summed E-state index contributed by atoms with van der Waals surface area (Å²) in [6.07, 6.45) is 0.967. The Hall–Kier alpha value is -2.43. The Balaban J connectivity index is 2.56. The lowest BCUT2D eigenvalue weighted by molar-refractivity contribution is 0.120.